The zero-order valence-corrected chi connectivity index (χ0v) is 19.4. The number of nitrogens with zero attached hydrogens (tertiary/aromatic N) is 1. The summed E-state index contributed by atoms with van der Waals surface area (Å²) in [6.45, 7) is 2.36. The van der Waals surface area contributed by atoms with Crippen molar-refractivity contribution >= 4 is 17.7 Å². The van der Waals surface area contributed by atoms with E-state index in [1.165, 1.54) is 30.8 Å². The normalized spacial score (nSPS) is 24.3. The topological polar surface area (TPSA) is 46.3 Å². The van der Waals surface area contributed by atoms with Gasteiger partial charge >= 0.3 is 0 Å². The van der Waals surface area contributed by atoms with E-state index in [4.69, 9.17) is 5.73 Å². The maximum Gasteiger partial charge on any atom is 0.249 e. The Morgan fingerprint density at radius 3 is 2.47 bits per heavy atom. The summed E-state index contributed by atoms with van der Waals surface area (Å²) in [5.41, 5.74) is 8.54. The van der Waals surface area contributed by atoms with E-state index in [1.54, 1.807) is 0 Å². The van der Waals surface area contributed by atoms with E-state index in [9.17, 15) is 13.6 Å². The van der Waals surface area contributed by atoms with Crippen LogP contribution in [0.4, 0.5) is 8.78 Å². The second-order valence-electron chi connectivity index (χ2n) is 9.38. The van der Waals surface area contributed by atoms with Gasteiger partial charge in [-0.05, 0) is 80.1 Å². The molecule has 1 aliphatic heterocycles. The highest BCUT2D eigenvalue weighted by Crippen LogP contribution is 2.47. The van der Waals surface area contributed by atoms with Crippen molar-refractivity contribution in [2.45, 2.75) is 48.8 Å². The van der Waals surface area contributed by atoms with E-state index < -0.39 is 24.2 Å². The number of halogens is 2. The van der Waals surface area contributed by atoms with Gasteiger partial charge in [0.05, 0.1) is 5.92 Å². The number of thioether (sulfide) groups is 1. The van der Waals surface area contributed by atoms with E-state index in [0.717, 1.165) is 28.4 Å². The molecule has 1 saturated carbocycles. The molecule has 2 fully saturated rings. The number of carbonyl (C=O) groups excluding carboxylic acids is 1. The summed E-state index contributed by atoms with van der Waals surface area (Å²) in [5.74, 6) is -2.67. The van der Waals surface area contributed by atoms with Gasteiger partial charge in [-0.2, -0.15) is 0 Å². The Balaban J connectivity index is 1.49. The second kappa shape index (κ2) is 9.92. The van der Waals surface area contributed by atoms with Gasteiger partial charge in [0, 0.05) is 23.5 Å². The van der Waals surface area contributed by atoms with Gasteiger partial charge in [-0.15, -0.1) is 11.8 Å². The number of likely N-dealkylation sites (tertiary alicyclic amines) is 1. The summed E-state index contributed by atoms with van der Waals surface area (Å²) in [7, 11) is 2.18. The lowest BCUT2D eigenvalue weighted by Crippen LogP contribution is -2.39. The van der Waals surface area contributed by atoms with Crippen molar-refractivity contribution in [2.24, 2.45) is 17.6 Å². The molecule has 0 aromatic heterocycles. The number of rotatable bonds is 6. The number of hydrogen-bond acceptors (Lipinski definition) is 3. The molecule has 2 aromatic carbocycles. The Morgan fingerprint density at radius 1 is 1.09 bits per heavy atom. The lowest BCUT2D eigenvalue weighted by atomic mass is 9.72. The minimum Gasteiger partial charge on any atom is -0.369 e. The van der Waals surface area contributed by atoms with Crippen LogP contribution < -0.4 is 5.73 Å². The quantitative estimate of drug-likeness (QED) is 0.557. The van der Waals surface area contributed by atoms with Crippen LogP contribution in [0.3, 0.4) is 0 Å². The maximum atomic E-state index is 14.0. The van der Waals surface area contributed by atoms with Crippen LogP contribution in [0.5, 0.6) is 0 Å². The van der Waals surface area contributed by atoms with Crippen LogP contribution in [0.2, 0.25) is 0 Å². The number of carbonyl (C=O) groups is 1. The lowest BCUT2D eigenvalue weighted by Gasteiger charge is -2.35. The fraction of sp³-hybridized carbons (Fsp3) is 0.500. The largest absolute Gasteiger partial charge is 0.369 e. The SMILES string of the molecule is CN1CCC(CSc2ccc(-c3ccccc3C3CCC(F)(F)CC3C(N)=O)cc2)CC1. The third kappa shape index (κ3) is 5.52. The molecule has 1 aliphatic carbocycles. The summed E-state index contributed by atoms with van der Waals surface area (Å²) < 4.78 is 28.0. The summed E-state index contributed by atoms with van der Waals surface area (Å²) >= 11 is 1.91. The molecule has 1 amide bonds. The van der Waals surface area contributed by atoms with Crippen molar-refractivity contribution in [1.29, 1.82) is 0 Å². The highest BCUT2D eigenvalue weighted by Gasteiger charge is 2.44. The Bertz CT molecular complexity index is 926. The molecule has 2 unspecified atom stereocenters. The van der Waals surface area contributed by atoms with Crippen LogP contribution in [0, 0.1) is 11.8 Å². The van der Waals surface area contributed by atoms with Crippen molar-refractivity contribution in [3.8, 4) is 11.1 Å². The number of piperidine rings is 1. The van der Waals surface area contributed by atoms with Crippen molar-refractivity contribution < 1.29 is 13.6 Å². The summed E-state index contributed by atoms with van der Waals surface area (Å²) in [4.78, 5) is 15.7. The molecular formula is C26H32F2N2OS. The molecule has 0 radical (unpaired) electrons. The van der Waals surface area contributed by atoms with Gasteiger partial charge in [0.1, 0.15) is 0 Å². The van der Waals surface area contributed by atoms with E-state index in [2.05, 4.69) is 36.2 Å². The number of nitrogens with two attached hydrogens (primary N) is 1. The van der Waals surface area contributed by atoms with Gasteiger partial charge < -0.3 is 10.6 Å². The van der Waals surface area contributed by atoms with Crippen molar-refractivity contribution in [3.63, 3.8) is 0 Å². The number of amides is 1. The molecule has 0 spiro atoms. The predicted octanol–water partition coefficient (Wildman–Crippen LogP) is 5.79. The lowest BCUT2D eigenvalue weighted by molar-refractivity contribution is -0.130. The molecule has 1 saturated heterocycles. The second-order valence-corrected chi connectivity index (χ2v) is 10.5. The first-order valence-electron chi connectivity index (χ1n) is 11.5. The number of benzene rings is 2. The molecule has 1 heterocycles. The highest BCUT2D eigenvalue weighted by molar-refractivity contribution is 7.99. The Morgan fingerprint density at radius 2 is 1.78 bits per heavy atom. The summed E-state index contributed by atoms with van der Waals surface area (Å²) in [6, 6.07) is 16.3. The molecule has 0 bridgehead atoms. The fourth-order valence-electron chi connectivity index (χ4n) is 5.06. The average Bonchev–Trinajstić information content (AvgIpc) is 2.78. The third-order valence-electron chi connectivity index (χ3n) is 7.04. The highest BCUT2D eigenvalue weighted by atomic mass is 32.2. The predicted molar refractivity (Wildman–Crippen MR) is 127 cm³/mol. The van der Waals surface area contributed by atoms with Crippen LogP contribution in [-0.4, -0.2) is 42.6 Å². The molecule has 32 heavy (non-hydrogen) atoms. The Hall–Kier alpha value is -1.92. The number of hydrogen-bond donors (Lipinski definition) is 1. The molecule has 4 rings (SSSR count). The number of primary amides is 1. The van der Waals surface area contributed by atoms with Crippen LogP contribution in [0.25, 0.3) is 11.1 Å². The van der Waals surface area contributed by atoms with Crippen LogP contribution >= 0.6 is 11.8 Å². The standard InChI is InChI=1S/C26H32F2N2OS/c1-30-14-11-18(12-15-30)17-32-20-8-6-19(7-9-20)21-4-2-3-5-22(21)23-10-13-26(27,28)16-24(23)25(29)31/h2-9,18,23-24H,10-17H2,1H3,(H2,29,31). The molecular weight excluding hydrogens is 426 g/mol. The number of alkyl halides is 2. The zero-order valence-electron chi connectivity index (χ0n) is 18.6. The van der Waals surface area contributed by atoms with Gasteiger partial charge in [-0.25, -0.2) is 8.78 Å². The molecule has 3 nitrogen and oxygen atoms in total. The summed E-state index contributed by atoms with van der Waals surface area (Å²) in [5, 5.41) is 0. The van der Waals surface area contributed by atoms with Gasteiger partial charge in [-0.3, -0.25) is 4.79 Å². The molecule has 2 aliphatic rings. The van der Waals surface area contributed by atoms with E-state index in [1.807, 2.05) is 36.0 Å². The maximum absolute atomic E-state index is 14.0. The minimum atomic E-state index is -2.82. The van der Waals surface area contributed by atoms with Gasteiger partial charge in [0.2, 0.25) is 11.8 Å². The monoisotopic (exact) mass is 458 g/mol. The smallest absolute Gasteiger partial charge is 0.249 e. The van der Waals surface area contributed by atoms with Crippen LogP contribution in [0.15, 0.2) is 53.4 Å². The van der Waals surface area contributed by atoms with Crippen molar-refractivity contribution in [3.05, 3.63) is 54.1 Å². The average molecular weight is 459 g/mol. The minimum absolute atomic E-state index is 0.206. The summed E-state index contributed by atoms with van der Waals surface area (Å²) in [6.07, 6.45) is 2.12. The molecule has 2 aromatic rings. The van der Waals surface area contributed by atoms with Crippen LogP contribution in [-0.2, 0) is 4.79 Å². The third-order valence-corrected chi connectivity index (χ3v) is 8.28. The van der Waals surface area contributed by atoms with E-state index in [-0.39, 0.29) is 18.8 Å². The fourth-order valence-corrected chi connectivity index (χ4v) is 6.15. The molecule has 6 heteroatoms. The van der Waals surface area contributed by atoms with Crippen molar-refractivity contribution in [2.75, 3.05) is 25.9 Å². The first-order valence-corrected chi connectivity index (χ1v) is 12.5. The van der Waals surface area contributed by atoms with Gasteiger partial charge in [0.25, 0.3) is 0 Å². The Kier molecular flexibility index (Phi) is 7.21. The van der Waals surface area contributed by atoms with Gasteiger partial charge in [0.15, 0.2) is 0 Å². The Labute approximate surface area is 193 Å². The van der Waals surface area contributed by atoms with Gasteiger partial charge in [-0.1, -0.05) is 36.4 Å². The molecule has 2 N–H and O–H groups in total. The molecule has 172 valence electrons. The van der Waals surface area contributed by atoms with E-state index >= 15 is 0 Å². The van der Waals surface area contributed by atoms with Crippen molar-refractivity contribution in [1.82, 2.24) is 4.90 Å². The molecule has 2 atom stereocenters. The first-order chi connectivity index (χ1) is 15.3. The van der Waals surface area contributed by atoms with E-state index in [0.29, 0.717) is 0 Å². The zero-order chi connectivity index (χ0) is 22.7. The van der Waals surface area contributed by atoms with Crippen LogP contribution in [0.1, 0.15) is 43.6 Å². The first kappa shape index (κ1) is 23.2.